The number of Topliss-reactive ketones (excluding diaryl/α,β-unsaturated/α-hetero) is 1. The third kappa shape index (κ3) is 4.06. The maximum absolute atomic E-state index is 10.8. The molecule has 1 unspecified atom stereocenters. The minimum atomic E-state index is -0.113. The molecule has 0 saturated carbocycles. The summed E-state index contributed by atoms with van der Waals surface area (Å²) >= 11 is 6.33. The zero-order chi connectivity index (χ0) is 7.28. The van der Waals surface area contributed by atoms with E-state index >= 15 is 0 Å². The average Bonchev–Trinajstić information content (AvgIpc) is 1.87. The number of ketones is 1. The molecule has 0 heterocycles. The molecule has 0 radical (unpaired) electrons. The van der Waals surface area contributed by atoms with Gasteiger partial charge in [0.2, 0.25) is 0 Å². The maximum atomic E-state index is 10.8. The Morgan fingerprint density at radius 2 is 2.33 bits per heavy atom. The zero-order valence-electron chi connectivity index (χ0n) is 5.06. The first-order valence-electron chi connectivity index (χ1n) is 2.44. The van der Waals surface area contributed by atoms with E-state index in [0.717, 1.165) is 0 Å². The fraction of sp³-hybridized carbons (Fsp3) is 0.800. The highest BCUT2D eigenvalue weighted by Gasteiger charge is 2.11. The quantitative estimate of drug-likeness (QED) is 0.713. The van der Waals surface area contributed by atoms with Gasteiger partial charge in [0.15, 0.2) is 5.78 Å². The molecule has 0 aromatic heterocycles. The van der Waals surface area contributed by atoms with E-state index in [-0.39, 0.29) is 17.2 Å². The van der Waals surface area contributed by atoms with Crippen molar-refractivity contribution in [2.24, 2.45) is 0 Å². The average molecular weight is 260 g/mol. The summed E-state index contributed by atoms with van der Waals surface area (Å²) < 4.78 is 4.63. The van der Waals surface area contributed by atoms with E-state index in [1.807, 2.05) is 0 Å². The van der Waals surface area contributed by atoms with Crippen molar-refractivity contribution in [1.29, 1.82) is 0 Å². The molecular weight excluding hydrogens is 252 g/mol. The molecule has 0 spiro atoms. The lowest BCUT2D eigenvalue weighted by Gasteiger charge is -2.01. The molecule has 4 heteroatoms. The predicted molar refractivity (Wildman–Crippen MR) is 43.4 cm³/mol. The van der Waals surface area contributed by atoms with Crippen molar-refractivity contribution in [2.75, 3.05) is 19.0 Å². The Morgan fingerprint density at radius 1 is 1.78 bits per heavy atom. The van der Waals surface area contributed by atoms with Crippen LogP contribution in [-0.4, -0.2) is 29.7 Å². The number of carbonyl (C=O) groups excluding carboxylic acids is 1. The number of hydrogen-bond acceptors (Lipinski definition) is 2. The second kappa shape index (κ2) is 5.38. The highest BCUT2D eigenvalue weighted by atomic mass is 79.9. The van der Waals surface area contributed by atoms with Crippen LogP contribution in [0.2, 0.25) is 0 Å². The monoisotopic (exact) mass is 258 g/mol. The van der Waals surface area contributed by atoms with Crippen molar-refractivity contribution in [3.63, 3.8) is 0 Å². The van der Waals surface area contributed by atoms with Gasteiger partial charge in [-0.2, -0.15) is 0 Å². The Labute approximate surface area is 71.2 Å². The van der Waals surface area contributed by atoms with Crippen LogP contribution in [0.3, 0.4) is 0 Å². The smallest absolute Gasteiger partial charge is 0.172 e. The minimum absolute atomic E-state index is 0.0642. The summed E-state index contributed by atoms with van der Waals surface area (Å²) in [5.41, 5.74) is 0. The van der Waals surface area contributed by atoms with Crippen molar-refractivity contribution in [2.45, 2.75) is 4.83 Å². The van der Waals surface area contributed by atoms with Crippen LogP contribution in [0.5, 0.6) is 0 Å². The predicted octanol–water partition coefficient (Wildman–Crippen LogP) is 1.36. The van der Waals surface area contributed by atoms with Gasteiger partial charge in [-0.15, -0.1) is 0 Å². The Balaban J connectivity index is 3.46. The molecule has 54 valence electrons. The largest absolute Gasteiger partial charge is 0.377 e. The molecule has 0 amide bonds. The molecule has 2 nitrogen and oxygen atoms in total. The molecule has 0 fully saturated rings. The van der Waals surface area contributed by atoms with E-state index in [4.69, 9.17) is 0 Å². The summed E-state index contributed by atoms with van der Waals surface area (Å²) in [7, 11) is 1.51. The highest BCUT2D eigenvalue weighted by molar-refractivity contribution is 9.12. The van der Waals surface area contributed by atoms with Gasteiger partial charge < -0.3 is 4.74 Å². The van der Waals surface area contributed by atoms with Crippen LogP contribution in [0.4, 0.5) is 0 Å². The lowest BCUT2D eigenvalue weighted by atomic mass is 10.3. The molecule has 0 rings (SSSR count). The highest BCUT2D eigenvalue weighted by Crippen LogP contribution is 2.04. The van der Waals surface area contributed by atoms with E-state index in [0.29, 0.717) is 5.33 Å². The summed E-state index contributed by atoms with van der Waals surface area (Å²) in [5, 5.41) is 0.634. The Morgan fingerprint density at radius 3 is 2.67 bits per heavy atom. The van der Waals surface area contributed by atoms with Crippen LogP contribution >= 0.6 is 31.9 Å². The zero-order valence-corrected chi connectivity index (χ0v) is 8.24. The number of halogens is 2. The minimum Gasteiger partial charge on any atom is -0.377 e. The van der Waals surface area contributed by atoms with Gasteiger partial charge in [0, 0.05) is 12.4 Å². The van der Waals surface area contributed by atoms with E-state index in [2.05, 4.69) is 36.6 Å². The van der Waals surface area contributed by atoms with Gasteiger partial charge in [-0.25, -0.2) is 0 Å². The molecule has 1 atom stereocenters. The topological polar surface area (TPSA) is 26.3 Å². The lowest BCUT2D eigenvalue weighted by molar-refractivity contribution is -0.121. The first-order chi connectivity index (χ1) is 4.22. The molecule has 0 aliphatic rings. The Kier molecular flexibility index (Phi) is 5.73. The van der Waals surface area contributed by atoms with Crippen LogP contribution in [-0.2, 0) is 9.53 Å². The summed E-state index contributed by atoms with van der Waals surface area (Å²) in [4.78, 5) is 10.7. The van der Waals surface area contributed by atoms with Crippen molar-refractivity contribution >= 4 is 37.6 Å². The van der Waals surface area contributed by atoms with E-state index in [1.165, 1.54) is 7.11 Å². The summed E-state index contributed by atoms with van der Waals surface area (Å²) in [6, 6.07) is 0. The van der Waals surface area contributed by atoms with E-state index in [9.17, 15) is 4.79 Å². The molecule has 0 aliphatic carbocycles. The second-order valence-electron chi connectivity index (χ2n) is 1.52. The number of rotatable bonds is 4. The molecule has 0 aromatic rings. The van der Waals surface area contributed by atoms with Crippen molar-refractivity contribution in [3.8, 4) is 0 Å². The Bertz CT molecular complexity index is 95.0. The first-order valence-corrected chi connectivity index (χ1v) is 4.47. The summed E-state index contributed by atoms with van der Waals surface area (Å²) in [5.74, 6) is 0.0642. The van der Waals surface area contributed by atoms with Crippen LogP contribution in [0.25, 0.3) is 0 Å². The number of ether oxygens (including phenoxy) is 1. The van der Waals surface area contributed by atoms with Crippen LogP contribution in [0, 0.1) is 0 Å². The first kappa shape index (κ1) is 9.59. The van der Waals surface area contributed by atoms with E-state index in [1.54, 1.807) is 0 Å². The van der Waals surface area contributed by atoms with Gasteiger partial charge in [0.1, 0.15) is 6.61 Å². The molecular formula is C5H8Br2O2. The lowest BCUT2D eigenvalue weighted by Crippen LogP contribution is -2.19. The van der Waals surface area contributed by atoms with Crippen molar-refractivity contribution in [3.05, 3.63) is 0 Å². The van der Waals surface area contributed by atoms with Crippen LogP contribution < -0.4 is 0 Å². The molecule has 9 heavy (non-hydrogen) atoms. The van der Waals surface area contributed by atoms with Gasteiger partial charge in [-0.1, -0.05) is 31.9 Å². The second-order valence-corrected chi connectivity index (χ2v) is 3.27. The maximum Gasteiger partial charge on any atom is 0.172 e. The van der Waals surface area contributed by atoms with Crippen LogP contribution in [0.1, 0.15) is 0 Å². The van der Waals surface area contributed by atoms with E-state index < -0.39 is 0 Å². The third-order valence-electron chi connectivity index (χ3n) is 0.771. The number of carbonyl (C=O) groups is 1. The van der Waals surface area contributed by atoms with Crippen LogP contribution in [0.15, 0.2) is 0 Å². The Hall–Kier alpha value is 0.590. The van der Waals surface area contributed by atoms with Gasteiger partial charge >= 0.3 is 0 Å². The van der Waals surface area contributed by atoms with Gasteiger partial charge in [0.25, 0.3) is 0 Å². The standard InChI is InChI=1S/C5H8Br2O2/c1-9-3-5(8)4(7)2-6/h4H,2-3H2,1H3. The third-order valence-corrected chi connectivity index (χ3v) is 3.12. The molecule has 0 saturated heterocycles. The molecule has 0 bridgehead atoms. The molecule has 0 N–H and O–H groups in total. The number of methoxy groups -OCH3 is 1. The normalized spacial score (nSPS) is 13.2. The summed E-state index contributed by atoms with van der Waals surface area (Å²) in [6.07, 6.45) is 0. The van der Waals surface area contributed by atoms with Crippen molar-refractivity contribution < 1.29 is 9.53 Å². The fourth-order valence-electron chi connectivity index (χ4n) is 0.319. The van der Waals surface area contributed by atoms with Gasteiger partial charge in [0.05, 0.1) is 4.83 Å². The molecule has 0 aromatic carbocycles. The van der Waals surface area contributed by atoms with Gasteiger partial charge in [-0.3, -0.25) is 4.79 Å². The van der Waals surface area contributed by atoms with Gasteiger partial charge in [-0.05, 0) is 0 Å². The van der Waals surface area contributed by atoms with Crippen molar-refractivity contribution in [1.82, 2.24) is 0 Å². The molecule has 0 aliphatic heterocycles. The SMILES string of the molecule is COCC(=O)C(Br)CBr. The number of alkyl halides is 2. The fourth-order valence-corrected chi connectivity index (χ4v) is 0.812. The summed E-state index contributed by atoms with van der Waals surface area (Å²) in [6.45, 7) is 0.182. The number of hydrogen-bond donors (Lipinski definition) is 0.